The molecule has 9 heteroatoms. The van der Waals surface area contributed by atoms with Crippen LogP contribution in [0.15, 0.2) is 24.7 Å². The molecule has 0 radical (unpaired) electrons. The van der Waals surface area contributed by atoms with Crippen LogP contribution in [0.1, 0.15) is 55.8 Å². The van der Waals surface area contributed by atoms with Crippen LogP contribution in [-0.2, 0) is 16.1 Å². The molecule has 3 aliphatic rings. The number of hydrogen-bond donors (Lipinski definition) is 2. The standard InChI is InChI=1S/C23H32N6O3/c1-15(30)27-23-11-16-4-5-20(18(13-23)17(10-16)12-23)26-21(31)19-14-25-29(8-9-32-2)22(19)28-7-3-6-24-28/h3,6-7,14,16-18,20H,4-5,8-13H2,1-2H3,(H,26,31)(H,27,30)/t16?,17?,18?,20-,23-/m0/s1. The van der Waals surface area contributed by atoms with Crippen molar-refractivity contribution in [3.05, 3.63) is 30.2 Å². The van der Waals surface area contributed by atoms with Crippen molar-refractivity contribution in [1.29, 1.82) is 0 Å². The van der Waals surface area contributed by atoms with Gasteiger partial charge in [0.2, 0.25) is 5.91 Å². The van der Waals surface area contributed by atoms with Crippen molar-refractivity contribution in [2.75, 3.05) is 13.7 Å². The molecule has 5 atom stereocenters. The average molecular weight is 441 g/mol. The molecule has 0 aliphatic heterocycles. The monoisotopic (exact) mass is 440 g/mol. The molecule has 2 amide bonds. The molecule has 3 aliphatic carbocycles. The smallest absolute Gasteiger partial charge is 0.256 e. The lowest BCUT2D eigenvalue weighted by molar-refractivity contribution is -0.121. The van der Waals surface area contributed by atoms with Crippen LogP contribution in [0.3, 0.4) is 0 Å². The van der Waals surface area contributed by atoms with E-state index in [-0.39, 0.29) is 23.4 Å². The van der Waals surface area contributed by atoms with Crippen LogP contribution in [0.25, 0.3) is 5.82 Å². The third-order valence-electron chi connectivity index (χ3n) is 7.65. The van der Waals surface area contributed by atoms with E-state index in [0.717, 1.165) is 32.1 Å². The van der Waals surface area contributed by atoms with E-state index in [9.17, 15) is 9.59 Å². The number of amides is 2. The van der Waals surface area contributed by atoms with Gasteiger partial charge in [-0.25, -0.2) is 9.36 Å². The Labute approximate surface area is 187 Å². The Balaban J connectivity index is 1.38. The summed E-state index contributed by atoms with van der Waals surface area (Å²) in [6.45, 7) is 2.65. The first-order chi connectivity index (χ1) is 15.5. The number of nitrogens with one attached hydrogen (secondary N) is 2. The second-order valence-electron chi connectivity index (χ2n) is 9.81. The number of hydrogen-bond acceptors (Lipinski definition) is 5. The van der Waals surface area contributed by atoms with Gasteiger partial charge in [-0.1, -0.05) is 0 Å². The molecular formula is C23H32N6O3. The molecule has 5 rings (SSSR count). The summed E-state index contributed by atoms with van der Waals surface area (Å²) in [5, 5.41) is 15.4. The van der Waals surface area contributed by atoms with Gasteiger partial charge in [-0.05, 0) is 62.3 Å². The molecule has 0 spiro atoms. The van der Waals surface area contributed by atoms with Gasteiger partial charge in [0.1, 0.15) is 5.56 Å². The van der Waals surface area contributed by atoms with Gasteiger partial charge < -0.3 is 15.4 Å². The summed E-state index contributed by atoms with van der Waals surface area (Å²) >= 11 is 0. The highest BCUT2D eigenvalue weighted by Gasteiger charge is 2.54. The predicted octanol–water partition coefficient (Wildman–Crippen LogP) is 1.92. The summed E-state index contributed by atoms with van der Waals surface area (Å²) in [4.78, 5) is 25.3. The van der Waals surface area contributed by atoms with Crippen LogP contribution in [0.5, 0.6) is 0 Å². The summed E-state index contributed by atoms with van der Waals surface area (Å²) < 4.78 is 8.65. The molecule has 0 aromatic carbocycles. The van der Waals surface area contributed by atoms with E-state index in [1.54, 1.807) is 35.8 Å². The van der Waals surface area contributed by atoms with Gasteiger partial charge in [-0.3, -0.25) is 9.59 Å². The number of aromatic nitrogens is 4. The van der Waals surface area contributed by atoms with Crippen molar-refractivity contribution in [1.82, 2.24) is 30.2 Å². The minimum absolute atomic E-state index is 0.0542. The van der Waals surface area contributed by atoms with Gasteiger partial charge in [0, 0.05) is 38.0 Å². The lowest BCUT2D eigenvalue weighted by Gasteiger charge is -2.38. The topological polar surface area (TPSA) is 103 Å². The third-order valence-corrected chi connectivity index (χ3v) is 7.65. The van der Waals surface area contributed by atoms with Gasteiger partial charge >= 0.3 is 0 Å². The Hall–Kier alpha value is -2.68. The lowest BCUT2D eigenvalue weighted by Crippen LogP contribution is -2.50. The van der Waals surface area contributed by atoms with Crippen LogP contribution in [-0.4, -0.2) is 56.7 Å². The highest BCUT2D eigenvalue weighted by molar-refractivity contribution is 5.97. The molecule has 2 aromatic heterocycles. The second-order valence-corrected chi connectivity index (χ2v) is 9.81. The molecule has 32 heavy (non-hydrogen) atoms. The fraction of sp³-hybridized carbons (Fsp3) is 0.652. The summed E-state index contributed by atoms with van der Waals surface area (Å²) in [6, 6.07) is 1.94. The van der Waals surface area contributed by atoms with Gasteiger partial charge in [-0.2, -0.15) is 10.2 Å². The zero-order chi connectivity index (χ0) is 22.3. The van der Waals surface area contributed by atoms with Crippen molar-refractivity contribution in [2.24, 2.45) is 17.8 Å². The van der Waals surface area contributed by atoms with E-state index >= 15 is 0 Å². The maximum atomic E-state index is 13.5. The van der Waals surface area contributed by atoms with Crippen molar-refractivity contribution in [3.8, 4) is 5.82 Å². The zero-order valence-electron chi connectivity index (χ0n) is 18.8. The lowest BCUT2D eigenvalue weighted by atomic mass is 9.75. The minimum atomic E-state index is -0.112. The Morgan fingerprint density at radius 2 is 2.12 bits per heavy atom. The van der Waals surface area contributed by atoms with Crippen molar-refractivity contribution < 1.29 is 14.3 Å². The van der Waals surface area contributed by atoms with E-state index in [1.165, 1.54) is 6.42 Å². The first-order valence-electron chi connectivity index (χ1n) is 11.6. The SMILES string of the molecule is COCCn1ncc(C(=O)N[C@H]2CCC3CC4C[C@@](NC(C)=O)(C3)CC42)c1-n1cccn1. The first kappa shape index (κ1) is 21.2. The summed E-state index contributed by atoms with van der Waals surface area (Å²) in [7, 11) is 1.65. The number of carbonyl (C=O) groups excluding carboxylic acids is 2. The molecular weight excluding hydrogens is 408 g/mol. The molecule has 3 fully saturated rings. The summed E-state index contributed by atoms with van der Waals surface area (Å²) in [5.41, 5.74) is 0.434. The third kappa shape index (κ3) is 3.83. The number of ether oxygens (including phenoxy) is 1. The normalized spacial score (nSPS) is 30.8. The van der Waals surface area contributed by atoms with E-state index in [4.69, 9.17) is 4.74 Å². The molecule has 9 nitrogen and oxygen atoms in total. The summed E-state index contributed by atoms with van der Waals surface area (Å²) in [6.07, 6.45) is 11.5. The van der Waals surface area contributed by atoms with Crippen LogP contribution in [0.2, 0.25) is 0 Å². The first-order valence-corrected chi connectivity index (χ1v) is 11.6. The quantitative estimate of drug-likeness (QED) is 0.685. The molecule has 2 N–H and O–H groups in total. The van der Waals surface area contributed by atoms with E-state index < -0.39 is 0 Å². The number of fused-ring (bicyclic) bond motifs is 2. The molecule has 3 bridgehead atoms. The number of methoxy groups -OCH3 is 1. The van der Waals surface area contributed by atoms with Gasteiger partial charge in [0.15, 0.2) is 5.82 Å². The van der Waals surface area contributed by atoms with Gasteiger partial charge in [0.05, 0.1) is 19.3 Å². The van der Waals surface area contributed by atoms with E-state index in [0.29, 0.717) is 42.3 Å². The Bertz CT molecular complexity index is 986. The predicted molar refractivity (Wildman–Crippen MR) is 117 cm³/mol. The highest BCUT2D eigenvalue weighted by atomic mass is 16.5. The maximum absolute atomic E-state index is 13.5. The van der Waals surface area contributed by atoms with Crippen LogP contribution in [0, 0.1) is 17.8 Å². The van der Waals surface area contributed by atoms with Crippen molar-refractivity contribution >= 4 is 11.8 Å². The maximum Gasteiger partial charge on any atom is 0.256 e. The largest absolute Gasteiger partial charge is 0.383 e. The van der Waals surface area contributed by atoms with Gasteiger partial charge in [0.25, 0.3) is 5.91 Å². The number of nitrogens with zero attached hydrogens (tertiary/aromatic N) is 4. The Morgan fingerprint density at radius 1 is 1.25 bits per heavy atom. The van der Waals surface area contributed by atoms with Gasteiger partial charge in [-0.15, -0.1) is 0 Å². The second kappa shape index (κ2) is 8.35. The average Bonchev–Trinajstić information content (AvgIpc) is 3.44. The molecule has 2 heterocycles. The van der Waals surface area contributed by atoms with Crippen LogP contribution < -0.4 is 10.6 Å². The van der Waals surface area contributed by atoms with Crippen molar-refractivity contribution in [2.45, 2.75) is 63.6 Å². The number of rotatable bonds is 7. The van der Waals surface area contributed by atoms with E-state index in [1.807, 2.05) is 12.3 Å². The van der Waals surface area contributed by atoms with Crippen molar-refractivity contribution in [3.63, 3.8) is 0 Å². The Morgan fingerprint density at radius 3 is 2.88 bits per heavy atom. The highest BCUT2D eigenvalue weighted by Crippen LogP contribution is 2.55. The summed E-state index contributed by atoms with van der Waals surface area (Å²) in [5.74, 6) is 2.18. The van der Waals surface area contributed by atoms with E-state index in [2.05, 4.69) is 20.8 Å². The minimum Gasteiger partial charge on any atom is -0.383 e. The molecule has 0 saturated heterocycles. The van der Waals surface area contributed by atoms with Crippen LogP contribution in [0.4, 0.5) is 0 Å². The fourth-order valence-corrected chi connectivity index (χ4v) is 6.63. The molecule has 3 saturated carbocycles. The molecule has 3 unspecified atom stereocenters. The van der Waals surface area contributed by atoms with Crippen LogP contribution >= 0.6 is 0 Å². The molecule has 172 valence electrons. The Kier molecular flexibility index (Phi) is 5.53. The number of carbonyl (C=O) groups is 2. The fourth-order valence-electron chi connectivity index (χ4n) is 6.63. The molecule has 2 aromatic rings. The zero-order valence-corrected chi connectivity index (χ0v) is 18.8.